The first kappa shape index (κ1) is 14.0. The second kappa shape index (κ2) is 6.22. The molecule has 1 aliphatic heterocycles. The molecule has 0 aliphatic carbocycles. The van der Waals surface area contributed by atoms with Gasteiger partial charge in [0.15, 0.2) is 5.82 Å². The van der Waals surface area contributed by atoms with Gasteiger partial charge in [-0.3, -0.25) is 4.98 Å². The van der Waals surface area contributed by atoms with Gasteiger partial charge in [-0.15, -0.1) is 10.2 Å². The molecule has 0 saturated heterocycles. The summed E-state index contributed by atoms with van der Waals surface area (Å²) in [5.41, 5.74) is 3.57. The fourth-order valence-electron chi connectivity index (χ4n) is 2.68. The molecule has 0 spiro atoms. The quantitative estimate of drug-likeness (QED) is 0.844. The Morgan fingerprint density at radius 1 is 1.33 bits per heavy atom. The van der Waals surface area contributed by atoms with Crippen LogP contribution in [0.15, 0.2) is 18.6 Å². The van der Waals surface area contributed by atoms with Gasteiger partial charge < -0.3 is 14.8 Å². The molecule has 0 radical (unpaired) electrons. The van der Waals surface area contributed by atoms with Gasteiger partial charge >= 0.3 is 0 Å². The lowest BCUT2D eigenvalue weighted by atomic mass is 10.1. The minimum Gasteiger partial charge on any atom is -0.362 e. The number of pyridine rings is 1. The van der Waals surface area contributed by atoms with Crippen molar-refractivity contribution >= 4 is 5.69 Å². The molecule has 21 heavy (non-hydrogen) atoms. The number of aromatic nitrogens is 4. The molecule has 6 nitrogen and oxygen atoms in total. The predicted octanol–water partition coefficient (Wildman–Crippen LogP) is 1.50. The Morgan fingerprint density at radius 3 is 3.10 bits per heavy atom. The van der Waals surface area contributed by atoms with Crippen LogP contribution in [0, 0.1) is 6.92 Å². The van der Waals surface area contributed by atoms with Gasteiger partial charge in [-0.1, -0.05) is 6.92 Å². The molecule has 1 aliphatic rings. The summed E-state index contributed by atoms with van der Waals surface area (Å²) in [6.45, 7) is 8.84. The maximum atomic E-state index is 4.45. The van der Waals surface area contributed by atoms with Crippen LogP contribution < -0.4 is 10.2 Å². The maximum Gasteiger partial charge on any atom is 0.152 e. The molecule has 6 heteroatoms. The highest BCUT2D eigenvalue weighted by Crippen LogP contribution is 2.24. The third kappa shape index (κ3) is 3.05. The summed E-state index contributed by atoms with van der Waals surface area (Å²) in [6, 6.07) is 2.18. The van der Waals surface area contributed by atoms with Crippen LogP contribution in [0.3, 0.4) is 0 Å². The van der Waals surface area contributed by atoms with Crippen molar-refractivity contribution in [1.29, 1.82) is 0 Å². The first-order valence-corrected chi connectivity index (χ1v) is 7.56. The van der Waals surface area contributed by atoms with E-state index in [4.69, 9.17) is 0 Å². The van der Waals surface area contributed by atoms with E-state index in [9.17, 15) is 0 Å². The number of fused-ring (bicyclic) bond motifs is 1. The number of rotatable bonds is 5. The fraction of sp³-hybridized carbons (Fsp3) is 0.533. The third-order valence-corrected chi connectivity index (χ3v) is 3.82. The fourth-order valence-corrected chi connectivity index (χ4v) is 2.68. The van der Waals surface area contributed by atoms with Crippen LogP contribution in [-0.4, -0.2) is 32.8 Å². The minimum atomic E-state index is 0.810. The van der Waals surface area contributed by atoms with Crippen LogP contribution in [0.5, 0.6) is 0 Å². The molecule has 3 rings (SSSR count). The zero-order valence-electron chi connectivity index (χ0n) is 12.7. The van der Waals surface area contributed by atoms with Crippen molar-refractivity contribution in [3.8, 4) is 0 Å². The lowest BCUT2D eigenvalue weighted by Gasteiger charge is -2.30. The molecular formula is C15H22N6. The van der Waals surface area contributed by atoms with Crippen LogP contribution in [0.4, 0.5) is 5.69 Å². The summed E-state index contributed by atoms with van der Waals surface area (Å²) in [4.78, 5) is 6.82. The van der Waals surface area contributed by atoms with E-state index >= 15 is 0 Å². The van der Waals surface area contributed by atoms with Crippen LogP contribution >= 0.6 is 0 Å². The van der Waals surface area contributed by atoms with Crippen LogP contribution in [0.2, 0.25) is 0 Å². The van der Waals surface area contributed by atoms with Crippen molar-refractivity contribution in [2.45, 2.75) is 39.9 Å². The Balaban J connectivity index is 1.82. The molecule has 0 atom stereocenters. The van der Waals surface area contributed by atoms with Gasteiger partial charge in [0.25, 0.3) is 0 Å². The van der Waals surface area contributed by atoms with Gasteiger partial charge in [0, 0.05) is 42.8 Å². The summed E-state index contributed by atoms with van der Waals surface area (Å²) in [5, 5.41) is 11.7. The van der Waals surface area contributed by atoms with Crippen LogP contribution in [-0.2, 0) is 19.6 Å². The van der Waals surface area contributed by atoms with Crippen molar-refractivity contribution < 1.29 is 0 Å². The van der Waals surface area contributed by atoms with Crippen LogP contribution in [0.25, 0.3) is 0 Å². The lowest BCUT2D eigenvalue weighted by Crippen LogP contribution is -2.34. The van der Waals surface area contributed by atoms with E-state index in [0.29, 0.717) is 0 Å². The summed E-state index contributed by atoms with van der Waals surface area (Å²) in [7, 11) is 0. The van der Waals surface area contributed by atoms with Gasteiger partial charge in [-0.05, 0) is 26.0 Å². The number of anilines is 1. The molecule has 1 N–H and O–H groups in total. The number of aryl methyl sites for hydroxylation is 1. The Labute approximate surface area is 125 Å². The van der Waals surface area contributed by atoms with Crippen molar-refractivity contribution in [1.82, 2.24) is 25.1 Å². The van der Waals surface area contributed by atoms with E-state index in [2.05, 4.69) is 43.0 Å². The third-order valence-electron chi connectivity index (χ3n) is 3.82. The molecule has 112 valence electrons. The molecule has 3 heterocycles. The average Bonchev–Trinajstić information content (AvgIpc) is 2.96. The molecule has 0 amide bonds. The monoisotopic (exact) mass is 286 g/mol. The van der Waals surface area contributed by atoms with Gasteiger partial charge in [-0.25, -0.2) is 0 Å². The Bertz CT molecular complexity index is 606. The second-order valence-electron chi connectivity index (χ2n) is 5.49. The summed E-state index contributed by atoms with van der Waals surface area (Å²) in [6.07, 6.45) is 4.95. The van der Waals surface area contributed by atoms with E-state index in [1.165, 1.54) is 11.3 Å². The molecule has 2 aromatic rings. The normalized spacial score (nSPS) is 14.3. The number of hydrogen-bond donors (Lipinski definition) is 1. The zero-order chi connectivity index (χ0) is 14.7. The second-order valence-corrected chi connectivity index (χ2v) is 5.49. The molecule has 2 aromatic heterocycles. The summed E-state index contributed by atoms with van der Waals surface area (Å²) in [5.74, 6) is 1.03. The van der Waals surface area contributed by atoms with Gasteiger partial charge in [-0.2, -0.15) is 0 Å². The van der Waals surface area contributed by atoms with E-state index in [-0.39, 0.29) is 0 Å². The first-order valence-electron chi connectivity index (χ1n) is 7.56. The summed E-state index contributed by atoms with van der Waals surface area (Å²) >= 11 is 0. The lowest BCUT2D eigenvalue weighted by molar-refractivity contribution is 0.557. The molecular weight excluding hydrogens is 264 g/mol. The average molecular weight is 286 g/mol. The SMILES string of the molecule is CCCNCc1cnc(C)cc1N1CCn2cnnc2C1. The van der Waals surface area contributed by atoms with Gasteiger partial charge in [0.1, 0.15) is 6.33 Å². The first-order chi connectivity index (χ1) is 10.3. The van der Waals surface area contributed by atoms with Crippen molar-refractivity contribution in [2.24, 2.45) is 0 Å². The minimum absolute atomic E-state index is 0.810. The van der Waals surface area contributed by atoms with Gasteiger partial charge in [0.05, 0.1) is 6.54 Å². The summed E-state index contributed by atoms with van der Waals surface area (Å²) < 4.78 is 2.12. The standard InChI is InChI=1S/C15H22N6/c1-3-4-16-8-13-9-17-12(2)7-14(13)20-5-6-21-11-18-19-15(21)10-20/h7,9,11,16H,3-6,8,10H2,1-2H3. The number of nitrogens with zero attached hydrogens (tertiary/aromatic N) is 5. The highest BCUT2D eigenvalue weighted by molar-refractivity contribution is 5.54. The highest BCUT2D eigenvalue weighted by Gasteiger charge is 2.20. The smallest absolute Gasteiger partial charge is 0.152 e. The van der Waals surface area contributed by atoms with Crippen LogP contribution in [0.1, 0.15) is 30.4 Å². The van der Waals surface area contributed by atoms with Crippen molar-refractivity contribution in [3.63, 3.8) is 0 Å². The molecule has 0 saturated carbocycles. The highest BCUT2D eigenvalue weighted by atomic mass is 15.3. The molecule has 0 aromatic carbocycles. The van der Waals surface area contributed by atoms with E-state index < -0.39 is 0 Å². The Hall–Kier alpha value is -1.95. The predicted molar refractivity (Wildman–Crippen MR) is 82.0 cm³/mol. The van der Waals surface area contributed by atoms with E-state index in [0.717, 1.165) is 50.7 Å². The largest absolute Gasteiger partial charge is 0.362 e. The van der Waals surface area contributed by atoms with E-state index in [1.54, 1.807) is 0 Å². The van der Waals surface area contributed by atoms with Crippen molar-refractivity contribution in [3.05, 3.63) is 35.7 Å². The molecule has 0 unspecified atom stereocenters. The van der Waals surface area contributed by atoms with Gasteiger partial charge in [0.2, 0.25) is 0 Å². The van der Waals surface area contributed by atoms with Crippen molar-refractivity contribution in [2.75, 3.05) is 18.0 Å². The molecule has 0 fully saturated rings. The number of nitrogens with one attached hydrogen (secondary N) is 1. The van der Waals surface area contributed by atoms with E-state index in [1.807, 2.05) is 19.4 Å². The Kier molecular flexibility index (Phi) is 4.15. The number of hydrogen-bond acceptors (Lipinski definition) is 5. The maximum absolute atomic E-state index is 4.45. The molecule has 0 bridgehead atoms. The zero-order valence-corrected chi connectivity index (χ0v) is 12.7. The Morgan fingerprint density at radius 2 is 2.24 bits per heavy atom. The topological polar surface area (TPSA) is 58.9 Å².